The SMILES string of the molecule is [2H]C([2H])([2H])n1cc(-c2cn3ncc(F)c3c(N3C[C@@H](C)[C@@](C#N)(C4CC4)C3=O)n2)cn1. The molecule has 0 N–H and O–H groups in total. The van der Waals surface area contributed by atoms with Crippen molar-refractivity contribution in [2.45, 2.75) is 19.8 Å². The molecule has 1 aliphatic carbocycles. The molecule has 28 heavy (non-hydrogen) atoms. The van der Waals surface area contributed by atoms with Crippen LogP contribution in [0.5, 0.6) is 0 Å². The van der Waals surface area contributed by atoms with Gasteiger partial charge in [-0.15, -0.1) is 0 Å². The molecule has 0 spiro atoms. The summed E-state index contributed by atoms with van der Waals surface area (Å²) in [6.45, 7) is -0.373. The van der Waals surface area contributed by atoms with Crippen molar-refractivity contribution >= 4 is 17.2 Å². The van der Waals surface area contributed by atoms with Crippen LogP contribution in [0.25, 0.3) is 16.8 Å². The van der Waals surface area contributed by atoms with Gasteiger partial charge in [-0.3, -0.25) is 14.4 Å². The highest BCUT2D eigenvalue weighted by molar-refractivity contribution is 6.04. The van der Waals surface area contributed by atoms with Crippen LogP contribution in [0.2, 0.25) is 0 Å². The minimum Gasteiger partial charge on any atom is -0.293 e. The van der Waals surface area contributed by atoms with E-state index in [-0.39, 0.29) is 41.3 Å². The molecule has 3 aromatic heterocycles. The fraction of sp³-hybridized carbons (Fsp3) is 0.421. The maximum Gasteiger partial charge on any atom is 0.249 e. The van der Waals surface area contributed by atoms with Gasteiger partial charge in [0.05, 0.1) is 30.4 Å². The Bertz CT molecular complexity index is 1260. The summed E-state index contributed by atoms with van der Waals surface area (Å²) in [5.74, 6) is -1.21. The molecular formula is C19H18FN7O. The zero-order valence-electron chi connectivity index (χ0n) is 18.0. The number of nitrogens with zero attached hydrogens (tertiary/aromatic N) is 7. The second kappa shape index (κ2) is 5.61. The molecule has 1 saturated heterocycles. The smallest absolute Gasteiger partial charge is 0.249 e. The molecule has 2 fully saturated rings. The van der Waals surface area contributed by atoms with Crippen molar-refractivity contribution in [1.29, 1.82) is 5.26 Å². The van der Waals surface area contributed by atoms with Gasteiger partial charge in [-0.05, 0) is 18.8 Å². The van der Waals surface area contributed by atoms with Crippen LogP contribution in [-0.2, 0) is 11.8 Å². The van der Waals surface area contributed by atoms with Gasteiger partial charge in [0.25, 0.3) is 0 Å². The number of hydrogen-bond donors (Lipinski definition) is 0. The van der Waals surface area contributed by atoms with Crippen LogP contribution in [0.4, 0.5) is 10.2 Å². The van der Waals surface area contributed by atoms with Crippen LogP contribution < -0.4 is 4.90 Å². The van der Waals surface area contributed by atoms with Crippen LogP contribution >= 0.6 is 0 Å². The summed E-state index contributed by atoms with van der Waals surface area (Å²) in [5.41, 5.74) is -0.458. The Morgan fingerprint density at radius 1 is 1.36 bits per heavy atom. The first kappa shape index (κ1) is 13.8. The van der Waals surface area contributed by atoms with Gasteiger partial charge in [-0.25, -0.2) is 13.9 Å². The van der Waals surface area contributed by atoms with Crippen LogP contribution in [0.3, 0.4) is 0 Å². The van der Waals surface area contributed by atoms with Gasteiger partial charge >= 0.3 is 0 Å². The van der Waals surface area contributed by atoms with Gasteiger partial charge in [0.15, 0.2) is 11.6 Å². The van der Waals surface area contributed by atoms with E-state index in [2.05, 4.69) is 21.3 Å². The number of aryl methyl sites for hydroxylation is 1. The predicted molar refractivity (Wildman–Crippen MR) is 97.4 cm³/mol. The van der Waals surface area contributed by atoms with Crippen molar-refractivity contribution in [3.63, 3.8) is 0 Å². The van der Waals surface area contributed by atoms with Gasteiger partial charge < -0.3 is 0 Å². The number of fused-ring (bicyclic) bond motifs is 1. The highest BCUT2D eigenvalue weighted by Crippen LogP contribution is 2.54. The van der Waals surface area contributed by atoms with Gasteiger partial charge in [0.2, 0.25) is 5.91 Å². The molecule has 2 atom stereocenters. The third-order valence-electron chi connectivity index (χ3n) is 5.81. The Labute approximate surface area is 164 Å². The molecule has 1 saturated carbocycles. The molecule has 9 heteroatoms. The lowest BCUT2D eigenvalue weighted by molar-refractivity contribution is -0.124. The topological polar surface area (TPSA) is 92.1 Å². The molecule has 0 radical (unpaired) electrons. The molecule has 1 amide bonds. The first-order valence-electron chi connectivity index (χ1n) is 10.5. The molecule has 5 rings (SSSR count). The van der Waals surface area contributed by atoms with E-state index in [9.17, 15) is 14.4 Å². The number of halogens is 1. The standard InChI is InChI=1S/C19H18FN7O/c1-11-7-26(18(28)19(11,10-21)13-3-4-13)17-16-14(20)6-23-27(16)9-15(24-17)12-5-22-25(2)8-12/h5-6,8-9,11,13H,3-4,7H2,1-2H3/t11-,19+/m1/s1/i2D3. The Kier molecular flexibility index (Phi) is 2.77. The van der Waals surface area contributed by atoms with Crippen LogP contribution in [0.1, 0.15) is 23.9 Å². The normalized spacial score (nSPS) is 26.9. The van der Waals surface area contributed by atoms with E-state index in [4.69, 9.17) is 4.11 Å². The summed E-state index contributed by atoms with van der Waals surface area (Å²) in [5, 5.41) is 17.8. The lowest BCUT2D eigenvalue weighted by atomic mass is 9.75. The number of anilines is 1. The summed E-state index contributed by atoms with van der Waals surface area (Å²) in [4.78, 5) is 19.3. The fourth-order valence-electron chi connectivity index (χ4n) is 4.22. The van der Waals surface area contributed by atoms with Crippen molar-refractivity contribution in [3.05, 3.63) is 30.6 Å². The number of nitriles is 1. The van der Waals surface area contributed by atoms with E-state index >= 15 is 0 Å². The second-order valence-corrected chi connectivity index (χ2v) is 7.48. The monoisotopic (exact) mass is 382 g/mol. The summed E-state index contributed by atoms with van der Waals surface area (Å²) in [6, 6.07) is 2.25. The molecule has 3 aromatic rings. The Hall–Kier alpha value is -3.28. The van der Waals surface area contributed by atoms with Crippen molar-refractivity contribution in [2.75, 3.05) is 11.4 Å². The Morgan fingerprint density at radius 3 is 2.86 bits per heavy atom. The number of carbonyl (C=O) groups excluding carboxylic acids is 1. The number of amides is 1. The molecule has 0 aromatic carbocycles. The molecule has 8 nitrogen and oxygen atoms in total. The third kappa shape index (κ3) is 2.14. The summed E-state index contributed by atoms with van der Waals surface area (Å²) in [7, 11) is 0. The van der Waals surface area contributed by atoms with Crippen LogP contribution in [0.15, 0.2) is 24.8 Å². The predicted octanol–water partition coefficient (Wildman–Crippen LogP) is 2.17. The average molecular weight is 382 g/mol. The summed E-state index contributed by atoms with van der Waals surface area (Å²) < 4.78 is 39.2. The molecular weight excluding hydrogens is 361 g/mol. The maximum absolute atomic E-state index is 14.6. The maximum atomic E-state index is 14.6. The van der Waals surface area contributed by atoms with Crippen LogP contribution in [0, 0.1) is 34.4 Å². The number of rotatable bonds is 3. The van der Waals surface area contributed by atoms with E-state index in [1.165, 1.54) is 28.0 Å². The zero-order valence-corrected chi connectivity index (χ0v) is 15.0. The van der Waals surface area contributed by atoms with Gasteiger partial charge in [-0.2, -0.15) is 15.5 Å². The van der Waals surface area contributed by atoms with Gasteiger partial charge in [0.1, 0.15) is 10.9 Å². The quantitative estimate of drug-likeness (QED) is 0.692. The summed E-state index contributed by atoms with van der Waals surface area (Å²) >= 11 is 0. The molecule has 142 valence electrons. The zero-order chi connectivity index (χ0) is 22.1. The highest BCUT2D eigenvalue weighted by atomic mass is 19.1. The highest BCUT2D eigenvalue weighted by Gasteiger charge is 2.61. The molecule has 0 unspecified atom stereocenters. The first-order chi connectivity index (χ1) is 14.7. The van der Waals surface area contributed by atoms with Crippen molar-refractivity contribution < 1.29 is 13.3 Å². The number of hydrogen-bond acceptors (Lipinski definition) is 5. The van der Waals surface area contributed by atoms with Crippen molar-refractivity contribution in [2.24, 2.45) is 24.2 Å². The lowest BCUT2D eigenvalue weighted by Gasteiger charge is -2.23. The van der Waals surface area contributed by atoms with Crippen LogP contribution in [-0.4, -0.2) is 36.8 Å². The van der Waals surface area contributed by atoms with Gasteiger partial charge in [0, 0.05) is 35.3 Å². The minimum absolute atomic E-state index is 0.00326. The number of aromatic nitrogens is 5. The van der Waals surface area contributed by atoms with E-state index in [0.29, 0.717) is 5.56 Å². The largest absolute Gasteiger partial charge is 0.293 e. The second-order valence-electron chi connectivity index (χ2n) is 7.48. The van der Waals surface area contributed by atoms with E-state index in [1.54, 1.807) is 0 Å². The van der Waals surface area contributed by atoms with E-state index in [1.807, 2.05) is 6.92 Å². The molecule has 0 bridgehead atoms. The lowest BCUT2D eigenvalue weighted by Crippen LogP contribution is -2.37. The fourth-order valence-corrected chi connectivity index (χ4v) is 4.22. The average Bonchev–Trinajstić information content (AvgIpc) is 3.20. The van der Waals surface area contributed by atoms with Gasteiger partial charge in [-0.1, -0.05) is 6.92 Å². The third-order valence-corrected chi connectivity index (χ3v) is 5.81. The Balaban J connectivity index is 1.65. The van der Waals surface area contributed by atoms with Crippen molar-refractivity contribution in [3.8, 4) is 17.3 Å². The minimum atomic E-state index is -2.46. The molecule has 1 aliphatic heterocycles. The molecule has 2 aliphatic rings. The van der Waals surface area contributed by atoms with E-state index in [0.717, 1.165) is 23.7 Å². The number of carbonyl (C=O) groups is 1. The van der Waals surface area contributed by atoms with E-state index < -0.39 is 18.2 Å². The molecule has 4 heterocycles. The first-order valence-corrected chi connectivity index (χ1v) is 8.99. The van der Waals surface area contributed by atoms with Crippen molar-refractivity contribution in [1.82, 2.24) is 24.4 Å². The Morgan fingerprint density at radius 2 is 2.18 bits per heavy atom. The summed E-state index contributed by atoms with van der Waals surface area (Å²) in [6.07, 6.45) is 6.75.